The predicted octanol–water partition coefficient (Wildman–Crippen LogP) is -0.791. The van der Waals surface area contributed by atoms with Crippen LogP contribution in [-0.4, -0.2) is 56.4 Å². The predicted molar refractivity (Wildman–Crippen MR) is 54.3 cm³/mol. The second kappa shape index (κ2) is 4.92. The zero-order valence-electron chi connectivity index (χ0n) is 8.85. The molecule has 0 aromatic rings. The molecule has 2 saturated heterocycles. The Morgan fingerprint density at radius 1 is 1.47 bits per heavy atom. The molecular weight excluding hydrogens is 196 g/mol. The molecule has 2 aliphatic heterocycles. The quantitative estimate of drug-likeness (QED) is 0.668. The van der Waals surface area contributed by atoms with Gasteiger partial charge in [-0.3, -0.25) is 4.79 Å². The lowest BCUT2D eigenvalue weighted by Gasteiger charge is -2.27. The lowest BCUT2D eigenvalue weighted by atomic mass is 10.1. The number of rotatable bonds is 3. The fraction of sp³-hybridized carbons (Fsp3) is 0.900. The van der Waals surface area contributed by atoms with Gasteiger partial charge in [-0.05, 0) is 12.5 Å². The van der Waals surface area contributed by atoms with Crippen LogP contribution >= 0.6 is 0 Å². The first kappa shape index (κ1) is 10.9. The second-order valence-electron chi connectivity index (χ2n) is 4.17. The number of hydrogen-bond donors (Lipinski definition) is 1. The van der Waals surface area contributed by atoms with Crippen molar-refractivity contribution in [3.05, 3.63) is 0 Å². The summed E-state index contributed by atoms with van der Waals surface area (Å²) in [5, 5.41) is 0. The monoisotopic (exact) mass is 214 g/mol. The minimum Gasteiger partial charge on any atom is -0.376 e. The van der Waals surface area contributed by atoms with Crippen LogP contribution in [0.25, 0.3) is 0 Å². The fourth-order valence-corrected chi connectivity index (χ4v) is 2.08. The van der Waals surface area contributed by atoms with Gasteiger partial charge in [0, 0.05) is 19.5 Å². The van der Waals surface area contributed by atoms with Crippen LogP contribution in [0.15, 0.2) is 0 Å². The smallest absolute Gasteiger partial charge is 0.223 e. The Kier molecular flexibility index (Phi) is 3.56. The molecule has 0 bridgehead atoms. The molecule has 0 spiro atoms. The highest BCUT2D eigenvalue weighted by Gasteiger charge is 2.30. The standard InChI is InChI=1S/C10H18N2O3/c11-4-8-3-10(13)12(5-8)6-9-7-14-1-2-15-9/h8-9H,1-7,11H2. The molecule has 2 rings (SSSR count). The van der Waals surface area contributed by atoms with Gasteiger partial charge in [0.25, 0.3) is 0 Å². The molecule has 0 aromatic carbocycles. The van der Waals surface area contributed by atoms with Crippen molar-refractivity contribution in [2.45, 2.75) is 12.5 Å². The molecule has 2 atom stereocenters. The van der Waals surface area contributed by atoms with E-state index in [2.05, 4.69) is 0 Å². The zero-order chi connectivity index (χ0) is 10.7. The Labute approximate surface area is 89.5 Å². The fourth-order valence-electron chi connectivity index (χ4n) is 2.08. The highest BCUT2D eigenvalue weighted by Crippen LogP contribution is 2.17. The summed E-state index contributed by atoms with van der Waals surface area (Å²) >= 11 is 0. The molecule has 2 unspecified atom stereocenters. The summed E-state index contributed by atoms with van der Waals surface area (Å²) in [5.41, 5.74) is 5.56. The molecule has 2 aliphatic rings. The average molecular weight is 214 g/mol. The van der Waals surface area contributed by atoms with Crippen LogP contribution in [0, 0.1) is 5.92 Å². The van der Waals surface area contributed by atoms with E-state index in [0.29, 0.717) is 45.2 Å². The molecule has 2 fully saturated rings. The Hall–Kier alpha value is -0.650. The molecule has 1 amide bonds. The largest absolute Gasteiger partial charge is 0.376 e. The van der Waals surface area contributed by atoms with Gasteiger partial charge in [-0.15, -0.1) is 0 Å². The normalized spacial score (nSPS) is 32.3. The topological polar surface area (TPSA) is 64.8 Å². The van der Waals surface area contributed by atoms with Gasteiger partial charge in [0.1, 0.15) is 0 Å². The van der Waals surface area contributed by atoms with Crippen LogP contribution in [-0.2, 0) is 14.3 Å². The Bertz CT molecular complexity index is 229. The van der Waals surface area contributed by atoms with Crippen molar-refractivity contribution in [2.24, 2.45) is 11.7 Å². The molecule has 0 saturated carbocycles. The van der Waals surface area contributed by atoms with Gasteiger partial charge in [0.05, 0.1) is 25.9 Å². The van der Waals surface area contributed by atoms with E-state index in [1.165, 1.54) is 0 Å². The molecular formula is C10H18N2O3. The maximum atomic E-state index is 11.6. The Morgan fingerprint density at radius 3 is 2.93 bits per heavy atom. The molecule has 2 N–H and O–H groups in total. The van der Waals surface area contributed by atoms with Gasteiger partial charge in [-0.25, -0.2) is 0 Å². The van der Waals surface area contributed by atoms with E-state index in [1.807, 2.05) is 4.90 Å². The minimum atomic E-state index is 0.0409. The third-order valence-electron chi connectivity index (χ3n) is 2.94. The van der Waals surface area contributed by atoms with Crippen LogP contribution in [0.2, 0.25) is 0 Å². The van der Waals surface area contributed by atoms with Gasteiger partial charge in [-0.2, -0.15) is 0 Å². The van der Waals surface area contributed by atoms with Crippen LogP contribution in [0.4, 0.5) is 0 Å². The highest BCUT2D eigenvalue weighted by atomic mass is 16.6. The third kappa shape index (κ3) is 2.68. The molecule has 5 nitrogen and oxygen atoms in total. The van der Waals surface area contributed by atoms with E-state index in [0.717, 1.165) is 6.54 Å². The van der Waals surface area contributed by atoms with Crippen molar-refractivity contribution in [2.75, 3.05) is 39.5 Å². The minimum absolute atomic E-state index is 0.0409. The number of nitrogens with zero attached hydrogens (tertiary/aromatic N) is 1. The Balaban J connectivity index is 1.81. The number of amides is 1. The molecule has 15 heavy (non-hydrogen) atoms. The second-order valence-corrected chi connectivity index (χ2v) is 4.17. The zero-order valence-corrected chi connectivity index (χ0v) is 8.85. The van der Waals surface area contributed by atoms with Crippen LogP contribution < -0.4 is 5.73 Å². The third-order valence-corrected chi connectivity index (χ3v) is 2.94. The van der Waals surface area contributed by atoms with Crippen molar-refractivity contribution >= 4 is 5.91 Å². The van der Waals surface area contributed by atoms with Gasteiger partial charge < -0.3 is 20.1 Å². The van der Waals surface area contributed by atoms with Crippen LogP contribution in [0.5, 0.6) is 0 Å². The molecule has 0 aromatic heterocycles. The van der Waals surface area contributed by atoms with Crippen molar-refractivity contribution < 1.29 is 14.3 Å². The lowest BCUT2D eigenvalue weighted by Crippen LogP contribution is -2.40. The van der Waals surface area contributed by atoms with E-state index in [9.17, 15) is 4.79 Å². The summed E-state index contributed by atoms with van der Waals surface area (Å²) in [4.78, 5) is 13.4. The summed E-state index contributed by atoms with van der Waals surface area (Å²) in [7, 11) is 0. The number of hydrogen-bond acceptors (Lipinski definition) is 4. The Morgan fingerprint density at radius 2 is 2.33 bits per heavy atom. The summed E-state index contributed by atoms with van der Waals surface area (Å²) in [6, 6.07) is 0. The number of nitrogens with two attached hydrogens (primary N) is 1. The van der Waals surface area contributed by atoms with Crippen molar-refractivity contribution in [3.8, 4) is 0 Å². The molecule has 0 aliphatic carbocycles. The van der Waals surface area contributed by atoms with Crippen molar-refractivity contribution in [1.82, 2.24) is 4.90 Å². The lowest BCUT2D eigenvalue weighted by molar-refractivity contribution is -0.134. The highest BCUT2D eigenvalue weighted by molar-refractivity contribution is 5.78. The van der Waals surface area contributed by atoms with Crippen LogP contribution in [0.3, 0.4) is 0 Å². The molecule has 0 radical (unpaired) electrons. The first-order valence-electron chi connectivity index (χ1n) is 5.46. The maximum Gasteiger partial charge on any atom is 0.223 e. The molecule has 2 heterocycles. The van der Waals surface area contributed by atoms with Gasteiger partial charge in [-0.1, -0.05) is 0 Å². The van der Waals surface area contributed by atoms with Gasteiger partial charge in [0.2, 0.25) is 5.91 Å². The SMILES string of the molecule is NCC1CC(=O)N(CC2COCCO2)C1. The van der Waals surface area contributed by atoms with E-state index in [4.69, 9.17) is 15.2 Å². The summed E-state index contributed by atoms with van der Waals surface area (Å²) in [6.07, 6.45) is 0.628. The first-order chi connectivity index (χ1) is 7.29. The molecule has 86 valence electrons. The first-order valence-corrected chi connectivity index (χ1v) is 5.46. The van der Waals surface area contributed by atoms with E-state index in [-0.39, 0.29) is 12.0 Å². The number of likely N-dealkylation sites (tertiary alicyclic amines) is 1. The number of carbonyl (C=O) groups excluding carboxylic acids is 1. The summed E-state index contributed by atoms with van der Waals surface area (Å²) in [6.45, 7) is 3.90. The van der Waals surface area contributed by atoms with Crippen molar-refractivity contribution in [1.29, 1.82) is 0 Å². The van der Waals surface area contributed by atoms with Crippen LogP contribution in [0.1, 0.15) is 6.42 Å². The number of carbonyl (C=O) groups is 1. The van der Waals surface area contributed by atoms with E-state index < -0.39 is 0 Å². The van der Waals surface area contributed by atoms with Crippen molar-refractivity contribution in [3.63, 3.8) is 0 Å². The van der Waals surface area contributed by atoms with Gasteiger partial charge >= 0.3 is 0 Å². The van der Waals surface area contributed by atoms with Gasteiger partial charge in [0.15, 0.2) is 0 Å². The summed E-state index contributed by atoms with van der Waals surface area (Å²) in [5.74, 6) is 0.515. The van der Waals surface area contributed by atoms with E-state index in [1.54, 1.807) is 0 Å². The maximum absolute atomic E-state index is 11.6. The average Bonchev–Trinajstić information content (AvgIpc) is 2.61. The molecule has 5 heteroatoms. The summed E-state index contributed by atoms with van der Waals surface area (Å²) < 4.78 is 10.8. The number of ether oxygens (including phenoxy) is 2. The van der Waals surface area contributed by atoms with E-state index >= 15 is 0 Å².